The van der Waals surface area contributed by atoms with Crippen LogP contribution in [0.5, 0.6) is 5.75 Å². The van der Waals surface area contributed by atoms with Crippen molar-refractivity contribution in [3.05, 3.63) is 65.4 Å². The highest BCUT2D eigenvalue weighted by Gasteiger charge is 2.42. The molecular formula is C27H32N4O3. The molecule has 1 unspecified atom stereocenters. The van der Waals surface area contributed by atoms with Gasteiger partial charge < -0.3 is 24.4 Å². The Kier molecular flexibility index (Phi) is 6.28. The van der Waals surface area contributed by atoms with E-state index in [4.69, 9.17) is 4.74 Å². The monoisotopic (exact) mass is 460 g/mol. The number of rotatable bonds is 7. The van der Waals surface area contributed by atoms with Crippen molar-refractivity contribution in [1.29, 1.82) is 0 Å². The molecule has 2 amide bonds. The zero-order chi connectivity index (χ0) is 23.7. The van der Waals surface area contributed by atoms with Crippen LogP contribution in [0.2, 0.25) is 0 Å². The summed E-state index contributed by atoms with van der Waals surface area (Å²) in [6.45, 7) is 3.68. The molecule has 1 aromatic heterocycles. The molecule has 0 aliphatic carbocycles. The molecule has 0 spiro atoms. The Hall–Kier alpha value is -3.32. The van der Waals surface area contributed by atoms with Gasteiger partial charge in [0.05, 0.1) is 13.2 Å². The van der Waals surface area contributed by atoms with Gasteiger partial charge in [0.25, 0.3) is 5.91 Å². The number of aryl methyl sites for hydroxylation is 1. The van der Waals surface area contributed by atoms with Crippen molar-refractivity contribution in [1.82, 2.24) is 19.7 Å². The van der Waals surface area contributed by atoms with Gasteiger partial charge in [-0.3, -0.25) is 9.59 Å². The van der Waals surface area contributed by atoms with E-state index in [0.29, 0.717) is 12.2 Å². The first kappa shape index (κ1) is 22.5. The maximum Gasteiger partial charge on any atom is 0.272 e. The summed E-state index contributed by atoms with van der Waals surface area (Å²) in [5.74, 6) is 0.523. The van der Waals surface area contributed by atoms with E-state index < -0.39 is 0 Å². The van der Waals surface area contributed by atoms with Crippen LogP contribution < -0.4 is 10.1 Å². The van der Waals surface area contributed by atoms with Crippen molar-refractivity contribution in [3.8, 4) is 5.75 Å². The van der Waals surface area contributed by atoms with E-state index in [0.717, 1.165) is 47.4 Å². The van der Waals surface area contributed by atoms with Crippen LogP contribution in [0.4, 0.5) is 0 Å². The maximum absolute atomic E-state index is 13.6. The van der Waals surface area contributed by atoms with E-state index in [-0.39, 0.29) is 24.4 Å². The standard InChI is InChI=1S/C27H32N4O3/c1-29-22-9-5-4-8-21(22)24-25(19-10-12-20(34-2)13-11-19)31(27(33)26(24)29)18-23(32)28-14-17-30-15-6-3-7-16-30/h4-5,8-13,25H,3,6-7,14-18H2,1-2H3,(H,28,32). The van der Waals surface area contributed by atoms with Crippen LogP contribution >= 0.6 is 0 Å². The van der Waals surface area contributed by atoms with E-state index in [1.54, 1.807) is 12.0 Å². The number of amides is 2. The highest BCUT2D eigenvalue weighted by molar-refractivity contribution is 6.07. The lowest BCUT2D eigenvalue weighted by molar-refractivity contribution is -0.122. The largest absolute Gasteiger partial charge is 0.497 e. The molecule has 2 aliphatic heterocycles. The third kappa shape index (κ3) is 4.05. The summed E-state index contributed by atoms with van der Waals surface area (Å²) in [6.07, 6.45) is 3.75. The zero-order valence-corrected chi connectivity index (χ0v) is 19.9. The quantitative estimate of drug-likeness (QED) is 0.587. The molecule has 1 atom stereocenters. The summed E-state index contributed by atoms with van der Waals surface area (Å²) in [6, 6.07) is 15.5. The summed E-state index contributed by atoms with van der Waals surface area (Å²) < 4.78 is 7.29. The zero-order valence-electron chi connectivity index (χ0n) is 19.9. The molecule has 3 aromatic rings. The van der Waals surface area contributed by atoms with E-state index in [1.807, 2.05) is 54.1 Å². The summed E-state index contributed by atoms with van der Waals surface area (Å²) in [5.41, 5.74) is 3.60. The normalized spacial score (nSPS) is 18.4. The number of piperidine rings is 1. The number of para-hydroxylation sites is 1. The third-order valence-electron chi connectivity index (χ3n) is 7.14. The number of benzene rings is 2. The molecule has 7 nitrogen and oxygen atoms in total. The number of carbonyl (C=O) groups is 2. The Labute approximate surface area is 200 Å². The van der Waals surface area contributed by atoms with Crippen LogP contribution in [0.15, 0.2) is 48.5 Å². The predicted octanol–water partition coefficient (Wildman–Crippen LogP) is 3.33. The van der Waals surface area contributed by atoms with Crippen molar-refractivity contribution in [2.45, 2.75) is 25.3 Å². The SMILES string of the molecule is COc1ccc(C2c3c(n(C)c4ccccc34)C(=O)N2CC(=O)NCCN2CCCCC2)cc1. The molecule has 2 aliphatic rings. The van der Waals surface area contributed by atoms with Crippen molar-refractivity contribution in [2.24, 2.45) is 7.05 Å². The number of hydrogen-bond donors (Lipinski definition) is 1. The smallest absolute Gasteiger partial charge is 0.272 e. The van der Waals surface area contributed by atoms with Crippen molar-refractivity contribution in [2.75, 3.05) is 39.8 Å². The van der Waals surface area contributed by atoms with Crippen LogP contribution in [-0.2, 0) is 11.8 Å². The molecule has 34 heavy (non-hydrogen) atoms. The number of nitrogens with zero attached hydrogens (tertiary/aromatic N) is 3. The second kappa shape index (κ2) is 9.50. The fraction of sp³-hybridized carbons (Fsp3) is 0.407. The summed E-state index contributed by atoms with van der Waals surface area (Å²) in [5, 5.41) is 4.08. The fourth-order valence-electron chi connectivity index (χ4n) is 5.41. The molecule has 2 aromatic carbocycles. The van der Waals surface area contributed by atoms with E-state index in [2.05, 4.69) is 16.3 Å². The number of carbonyl (C=O) groups excluding carboxylic acids is 2. The van der Waals surface area contributed by atoms with Crippen LogP contribution in [0.3, 0.4) is 0 Å². The molecule has 5 rings (SSSR count). The highest BCUT2D eigenvalue weighted by atomic mass is 16.5. The van der Waals surface area contributed by atoms with E-state index in [9.17, 15) is 9.59 Å². The lowest BCUT2D eigenvalue weighted by Gasteiger charge is -2.27. The maximum atomic E-state index is 13.6. The molecule has 3 heterocycles. The second-order valence-corrected chi connectivity index (χ2v) is 9.20. The van der Waals surface area contributed by atoms with Crippen LogP contribution in [0, 0.1) is 0 Å². The lowest BCUT2D eigenvalue weighted by Crippen LogP contribution is -2.43. The van der Waals surface area contributed by atoms with Crippen LogP contribution in [-0.4, -0.2) is 66.0 Å². The Balaban J connectivity index is 1.41. The molecule has 178 valence electrons. The van der Waals surface area contributed by atoms with E-state index >= 15 is 0 Å². The van der Waals surface area contributed by atoms with Gasteiger partial charge in [-0.25, -0.2) is 0 Å². The molecule has 7 heteroatoms. The van der Waals surface area contributed by atoms with Crippen molar-refractivity contribution in [3.63, 3.8) is 0 Å². The number of likely N-dealkylation sites (tertiary alicyclic amines) is 1. The van der Waals surface area contributed by atoms with Gasteiger partial charge in [-0.1, -0.05) is 36.8 Å². The second-order valence-electron chi connectivity index (χ2n) is 9.20. The van der Waals surface area contributed by atoms with Crippen molar-refractivity contribution < 1.29 is 14.3 Å². The fourth-order valence-corrected chi connectivity index (χ4v) is 5.41. The minimum absolute atomic E-state index is 0.0263. The molecule has 1 fully saturated rings. The van der Waals surface area contributed by atoms with Gasteiger partial charge in [0.2, 0.25) is 5.91 Å². The van der Waals surface area contributed by atoms with Gasteiger partial charge in [-0.15, -0.1) is 0 Å². The Morgan fingerprint density at radius 1 is 1.06 bits per heavy atom. The molecule has 0 radical (unpaired) electrons. The number of nitrogens with one attached hydrogen (secondary N) is 1. The topological polar surface area (TPSA) is 66.8 Å². The number of ether oxygens (including phenoxy) is 1. The molecular weight excluding hydrogens is 428 g/mol. The first-order valence-electron chi connectivity index (χ1n) is 12.1. The van der Waals surface area contributed by atoms with Gasteiger partial charge in [0, 0.05) is 36.6 Å². The van der Waals surface area contributed by atoms with Crippen LogP contribution in [0.25, 0.3) is 10.9 Å². The Morgan fingerprint density at radius 3 is 2.53 bits per heavy atom. The van der Waals surface area contributed by atoms with Gasteiger partial charge in [-0.2, -0.15) is 0 Å². The number of fused-ring (bicyclic) bond motifs is 3. The number of methoxy groups -OCH3 is 1. The third-order valence-corrected chi connectivity index (χ3v) is 7.14. The number of hydrogen-bond acceptors (Lipinski definition) is 4. The minimum atomic E-state index is -0.327. The van der Waals surface area contributed by atoms with Gasteiger partial charge >= 0.3 is 0 Å². The Bertz CT molecular complexity index is 1190. The summed E-state index contributed by atoms with van der Waals surface area (Å²) >= 11 is 0. The molecule has 0 saturated carbocycles. The summed E-state index contributed by atoms with van der Waals surface area (Å²) in [4.78, 5) is 30.7. The average Bonchev–Trinajstić information content (AvgIpc) is 3.32. The predicted molar refractivity (Wildman–Crippen MR) is 132 cm³/mol. The Morgan fingerprint density at radius 2 is 1.79 bits per heavy atom. The summed E-state index contributed by atoms with van der Waals surface area (Å²) in [7, 11) is 3.56. The first-order valence-corrected chi connectivity index (χ1v) is 12.1. The van der Waals surface area contributed by atoms with Gasteiger partial charge in [0.1, 0.15) is 18.0 Å². The average molecular weight is 461 g/mol. The van der Waals surface area contributed by atoms with Crippen LogP contribution in [0.1, 0.15) is 46.9 Å². The van der Waals surface area contributed by atoms with E-state index in [1.165, 1.54) is 19.3 Å². The molecule has 1 saturated heterocycles. The molecule has 1 N–H and O–H groups in total. The number of aromatic nitrogens is 1. The lowest BCUT2D eigenvalue weighted by atomic mass is 9.98. The molecule has 0 bridgehead atoms. The van der Waals surface area contributed by atoms with Gasteiger partial charge in [0.15, 0.2) is 0 Å². The van der Waals surface area contributed by atoms with Gasteiger partial charge in [-0.05, 0) is 49.7 Å². The minimum Gasteiger partial charge on any atom is -0.497 e. The highest BCUT2D eigenvalue weighted by Crippen LogP contribution is 2.43. The van der Waals surface area contributed by atoms with Crippen molar-refractivity contribution >= 4 is 22.7 Å². The first-order chi connectivity index (χ1) is 16.6.